The molecule has 0 heterocycles. The topological polar surface area (TPSA) is 66.4 Å². The Kier molecular flexibility index (Phi) is 4.42. The van der Waals surface area contributed by atoms with E-state index >= 15 is 0 Å². The summed E-state index contributed by atoms with van der Waals surface area (Å²) in [6.07, 6.45) is 2.23. The molecule has 0 radical (unpaired) electrons. The number of rotatable bonds is 4. The van der Waals surface area contributed by atoms with Crippen molar-refractivity contribution in [1.82, 2.24) is 4.72 Å². The first-order valence-corrected chi connectivity index (χ1v) is 8.20. The van der Waals surface area contributed by atoms with Gasteiger partial charge in [-0.2, -0.15) is 0 Å². The Morgan fingerprint density at radius 1 is 1.28 bits per heavy atom. The quantitative estimate of drug-likeness (QED) is 0.884. The zero-order chi connectivity index (χ0) is 13.2. The first-order chi connectivity index (χ1) is 8.49. The minimum absolute atomic E-state index is 0.0372. The molecule has 2 N–H and O–H groups in total. The molecule has 0 bridgehead atoms. The number of benzene rings is 1. The Bertz CT molecular complexity index is 501. The van der Waals surface area contributed by atoms with Gasteiger partial charge in [-0.3, -0.25) is 0 Å². The third-order valence-corrected chi connectivity index (χ3v) is 5.25. The molecule has 1 aromatic rings. The molecule has 1 saturated carbocycles. The fourth-order valence-electron chi connectivity index (χ4n) is 2.17. The molecular formula is C12H16BrNO3S. The monoisotopic (exact) mass is 333 g/mol. The first kappa shape index (κ1) is 14.0. The van der Waals surface area contributed by atoms with Crippen LogP contribution in [0.2, 0.25) is 0 Å². The molecule has 6 heteroatoms. The summed E-state index contributed by atoms with van der Waals surface area (Å²) in [5, 5.41) is 9.65. The van der Waals surface area contributed by atoms with Gasteiger partial charge in [-0.25, -0.2) is 13.1 Å². The third kappa shape index (κ3) is 3.32. The second-order valence-corrected chi connectivity index (χ2v) is 7.25. The molecular weight excluding hydrogens is 318 g/mol. The van der Waals surface area contributed by atoms with Gasteiger partial charge in [0.25, 0.3) is 0 Å². The van der Waals surface area contributed by atoms with Crippen molar-refractivity contribution < 1.29 is 13.5 Å². The standard InChI is InChI=1S/C12H16BrNO3S/c13-10-4-6-11(7-5-10)18(16,17)14-8-9-2-1-3-12(9)15/h4-7,9,12,14-15H,1-3,8H2. The van der Waals surface area contributed by atoms with E-state index in [9.17, 15) is 13.5 Å². The number of sulfonamides is 1. The second-order valence-electron chi connectivity index (χ2n) is 4.56. The molecule has 1 aliphatic rings. The summed E-state index contributed by atoms with van der Waals surface area (Å²) in [6.45, 7) is 0.305. The Labute approximate surface area is 116 Å². The molecule has 0 aliphatic heterocycles. The van der Waals surface area contributed by atoms with Crippen LogP contribution in [0, 0.1) is 5.92 Å². The van der Waals surface area contributed by atoms with Crippen molar-refractivity contribution in [2.75, 3.05) is 6.54 Å². The normalized spacial score (nSPS) is 24.3. The maximum absolute atomic E-state index is 12.0. The molecule has 0 amide bonds. The molecule has 0 saturated heterocycles. The fraction of sp³-hybridized carbons (Fsp3) is 0.500. The summed E-state index contributed by atoms with van der Waals surface area (Å²) in [5.74, 6) is 0.0372. The molecule has 100 valence electrons. The second kappa shape index (κ2) is 5.69. The summed E-state index contributed by atoms with van der Waals surface area (Å²) in [6, 6.07) is 6.49. The van der Waals surface area contributed by atoms with Crippen molar-refractivity contribution in [3.8, 4) is 0 Å². The van der Waals surface area contributed by atoms with Gasteiger partial charge in [-0.1, -0.05) is 22.4 Å². The number of aliphatic hydroxyl groups is 1. The van der Waals surface area contributed by atoms with E-state index in [4.69, 9.17) is 0 Å². The van der Waals surface area contributed by atoms with Crippen molar-refractivity contribution >= 4 is 26.0 Å². The highest BCUT2D eigenvalue weighted by Crippen LogP contribution is 2.25. The van der Waals surface area contributed by atoms with Gasteiger partial charge in [0.05, 0.1) is 11.0 Å². The predicted molar refractivity (Wildman–Crippen MR) is 72.7 cm³/mol. The molecule has 1 aliphatic carbocycles. The number of hydrogen-bond acceptors (Lipinski definition) is 3. The van der Waals surface area contributed by atoms with E-state index in [1.54, 1.807) is 24.3 Å². The van der Waals surface area contributed by atoms with Crippen molar-refractivity contribution in [2.45, 2.75) is 30.3 Å². The van der Waals surface area contributed by atoms with Crippen molar-refractivity contribution in [3.05, 3.63) is 28.7 Å². The van der Waals surface area contributed by atoms with Gasteiger partial charge >= 0.3 is 0 Å². The van der Waals surface area contributed by atoms with Gasteiger partial charge < -0.3 is 5.11 Å². The highest BCUT2D eigenvalue weighted by atomic mass is 79.9. The van der Waals surface area contributed by atoms with Gasteiger partial charge in [0.1, 0.15) is 0 Å². The predicted octanol–water partition coefficient (Wildman–Crippen LogP) is 1.89. The Morgan fingerprint density at radius 2 is 1.94 bits per heavy atom. The summed E-state index contributed by atoms with van der Waals surface area (Å²) in [7, 11) is -3.47. The lowest BCUT2D eigenvalue weighted by Gasteiger charge is -2.15. The van der Waals surface area contributed by atoms with Crippen LogP contribution in [-0.4, -0.2) is 26.2 Å². The van der Waals surface area contributed by atoms with Gasteiger partial charge in [0.15, 0.2) is 0 Å². The highest BCUT2D eigenvalue weighted by Gasteiger charge is 2.26. The van der Waals surface area contributed by atoms with Crippen LogP contribution in [0.15, 0.2) is 33.6 Å². The Balaban J connectivity index is 2.01. The van der Waals surface area contributed by atoms with Crippen LogP contribution in [0.25, 0.3) is 0 Å². The molecule has 2 atom stereocenters. The first-order valence-electron chi connectivity index (χ1n) is 5.92. The lowest BCUT2D eigenvalue weighted by molar-refractivity contribution is 0.134. The van der Waals surface area contributed by atoms with Gasteiger partial charge in [0, 0.05) is 11.0 Å². The van der Waals surface area contributed by atoms with Crippen molar-refractivity contribution in [2.24, 2.45) is 5.92 Å². The number of hydrogen-bond donors (Lipinski definition) is 2. The molecule has 2 unspecified atom stereocenters. The molecule has 18 heavy (non-hydrogen) atoms. The smallest absolute Gasteiger partial charge is 0.240 e. The fourth-order valence-corrected chi connectivity index (χ4v) is 3.53. The number of aliphatic hydroxyl groups excluding tert-OH is 1. The highest BCUT2D eigenvalue weighted by molar-refractivity contribution is 9.10. The third-order valence-electron chi connectivity index (χ3n) is 3.28. The SMILES string of the molecule is O=S(=O)(NCC1CCCC1O)c1ccc(Br)cc1. The average Bonchev–Trinajstić information content (AvgIpc) is 2.73. The van der Waals surface area contributed by atoms with E-state index in [0.29, 0.717) is 6.54 Å². The number of halogens is 1. The Morgan fingerprint density at radius 3 is 2.50 bits per heavy atom. The largest absolute Gasteiger partial charge is 0.393 e. The molecule has 1 fully saturated rings. The molecule has 0 aromatic heterocycles. The van der Waals surface area contributed by atoms with Crippen LogP contribution < -0.4 is 4.72 Å². The van der Waals surface area contributed by atoms with E-state index in [1.165, 1.54) is 0 Å². The minimum atomic E-state index is -3.47. The van der Waals surface area contributed by atoms with Crippen molar-refractivity contribution in [3.63, 3.8) is 0 Å². The maximum Gasteiger partial charge on any atom is 0.240 e. The van der Waals surface area contributed by atoms with E-state index < -0.39 is 10.0 Å². The maximum atomic E-state index is 12.0. The van der Waals surface area contributed by atoms with Gasteiger partial charge in [-0.15, -0.1) is 0 Å². The van der Waals surface area contributed by atoms with Crippen LogP contribution in [0.1, 0.15) is 19.3 Å². The molecule has 2 rings (SSSR count). The summed E-state index contributed by atoms with van der Waals surface area (Å²) >= 11 is 3.26. The molecule has 1 aromatic carbocycles. The van der Waals surface area contributed by atoms with Crippen LogP contribution in [0.3, 0.4) is 0 Å². The van der Waals surface area contributed by atoms with Crippen LogP contribution in [0.5, 0.6) is 0 Å². The summed E-state index contributed by atoms with van der Waals surface area (Å²) < 4.78 is 27.4. The minimum Gasteiger partial charge on any atom is -0.393 e. The van der Waals surface area contributed by atoms with Gasteiger partial charge in [-0.05, 0) is 43.0 Å². The zero-order valence-electron chi connectivity index (χ0n) is 9.84. The van der Waals surface area contributed by atoms with E-state index in [2.05, 4.69) is 20.7 Å². The summed E-state index contributed by atoms with van der Waals surface area (Å²) in [5.41, 5.74) is 0. The Hall–Kier alpha value is -0.430. The summed E-state index contributed by atoms with van der Waals surface area (Å²) in [4.78, 5) is 0.248. The number of nitrogens with one attached hydrogen (secondary N) is 1. The average molecular weight is 334 g/mol. The van der Waals surface area contributed by atoms with Crippen molar-refractivity contribution in [1.29, 1.82) is 0 Å². The van der Waals surface area contributed by atoms with Crippen LogP contribution in [-0.2, 0) is 10.0 Å². The van der Waals surface area contributed by atoms with E-state index in [1.807, 2.05) is 0 Å². The van der Waals surface area contributed by atoms with Crippen LogP contribution in [0.4, 0.5) is 0 Å². The van der Waals surface area contributed by atoms with Crippen LogP contribution >= 0.6 is 15.9 Å². The lowest BCUT2D eigenvalue weighted by Crippen LogP contribution is -2.32. The lowest BCUT2D eigenvalue weighted by atomic mass is 10.1. The molecule has 0 spiro atoms. The zero-order valence-corrected chi connectivity index (χ0v) is 12.2. The van der Waals surface area contributed by atoms with E-state index in [-0.39, 0.29) is 16.9 Å². The molecule has 4 nitrogen and oxygen atoms in total. The van der Waals surface area contributed by atoms with E-state index in [0.717, 1.165) is 23.7 Å². The van der Waals surface area contributed by atoms with Gasteiger partial charge in [0.2, 0.25) is 10.0 Å².